The van der Waals surface area contributed by atoms with Gasteiger partial charge in [-0.1, -0.05) is 74.5 Å². The van der Waals surface area contributed by atoms with Gasteiger partial charge in [0.15, 0.2) is 0 Å². The molecule has 0 aliphatic carbocycles. The predicted octanol–water partition coefficient (Wildman–Crippen LogP) is 4.37. The van der Waals surface area contributed by atoms with Gasteiger partial charge in [-0.15, -0.1) is 0 Å². The average molecular weight is 306 g/mol. The first-order valence-electron chi connectivity index (χ1n) is 8.02. The van der Waals surface area contributed by atoms with Crippen LogP contribution in [-0.2, 0) is 13.2 Å². The summed E-state index contributed by atoms with van der Waals surface area (Å²) in [5.41, 5.74) is 5.00. The van der Waals surface area contributed by atoms with Gasteiger partial charge in [-0.2, -0.15) is 5.10 Å². The van der Waals surface area contributed by atoms with Gasteiger partial charge < -0.3 is 5.11 Å². The summed E-state index contributed by atoms with van der Waals surface area (Å²) in [6.07, 6.45) is 0. The van der Waals surface area contributed by atoms with Crippen molar-refractivity contribution < 1.29 is 5.11 Å². The van der Waals surface area contributed by atoms with Crippen LogP contribution in [0.3, 0.4) is 0 Å². The van der Waals surface area contributed by atoms with Crippen LogP contribution in [0, 0.1) is 5.92 Å². The van der Waals surface area contributed by atoms with Crippen molar-refractivity contribution in [1.82, 2.24) is 9.78 Å². The molecule has 1 heterocycles. The van der Waals surface area contributed by atoms with E-state index in [1.165, 1.54) is 0 Å². The van der Waals surface area contributed by atoms with Crippen LogP contribution in [0.15, 0.2) is 60.7 Å². The number of aliphatic hydroxyl groups excluding tert-OH is 1. The molecule has 3 nitrogen and oxygen atoms in total. The first-order chi connectivity index (χ1) is 11.2. The highest BCUT2D eigenvalue weighted by Crippen LogP contribution is 2.34. The van der Waals surface area contributed by atoms with E-state index >= 15 is 0 Å². The SMILES string of the molecule is CC(C)Cn1nc(-c2ccccc2)c(-c2ccccc2)c1CO. The highest BCUT2D eigenvalue weighted by molar-refractivity contribution is 5.82. The Balaban J connectivity index is 2.23. The zero-order valence-electron chi connectivity index (χ0n) is 13.6. The number of hydrogen-bond donors (Lipinski definition) is 1. The van der Waals surface area contributed by atoms with Crippen molar-refractivity contribution in [2.45, 2.75) is 27.0 Å². The molecule has 23 heavy (non-hydrogen) atoms. The van der Waals surface area contributed by atoms with E-state index in [0.29, 0.717) is 5.92 Å². The molecule has 0 fully saturated rings. The van der Waals surface area contributed by atoms with Crippen LogP contribution in [0.25, 0.3) is 22.4 Å². The largest absolute Gasteiger partial charge is 0.390 e. The van der Waals surface area contributed by atoms with Gasteiger partial charge in [0.05, 0.1) is 12.3 Å². The molecule has 2 aromatic carbocycles. The number of aliphatic hydroxyl groups is 1. The molecule has 1 aromatic heterocycles. The number of hydrogen-bond acceptors (Lipinski definition) is 2. The topological polar surface area (TPSA) is 38.0 Å². The third-order valence-electron chi connectivity index (χ3n) is 3.86. The highest BCUT2D eigenvalue weighted by Gasteiger charge is 2.20. The summed E-state index contributed by atoms with van der Waals surface area (Å²) in [7, 11) is 0. The van der Waals surface area contributed by atoms with Crippen molar-refractivity contribution in [2.75, 3.05) is 0 Å². The monoisotopic (exact) mass is 306 g/mol. The van der Waals surface area contributed by atoms with Gasteiger partial charge in [0.2, 0.25) is 0 Å². The lowest BCUT2D eigenvalue weighted by molar-refractivity contribution is 0.265. The molecule has 3 heteroatoms. The summed E-state index contributed by atoms with van der Waals surface area (Å²) in [6.45, 7) is 5.10. The summed E-state index contributed by atoms with van der Waals surface area (Å²) in [5.74, 6) is 0.465. The molecule has 118 valence electrons. The van der Waals surface area contributed by atoms with Crippen molar-refractivity contribution in [3.8, 4) is 22.4 Å². The molecule has 0 bridgehead atoms. The standard InChI is InChI=1S/C20H22N2O/c1-15(2)13-22-18(14-23)19(16-9-5-3-6-10-16)20(21-22)17-11-7-4-8-12-17/h3-12,15,23H,13-14H2,1-2H3. The van der Waals surface area contributed by atoms with Crippen molar-refractivity contribution in [2.24, 2.45) is 5.92 Å². The zero-order valence-corrected chi connectivity index (χ0v) is 13.6. The van der Waals surface area contributed by atoms with Crippen LogP contribution < -0.4 is 0 Å². The zero-order chi connectivity index (χ0) is 16.2. The van der Waals surface area contributed by atoms with Crippen LogP contribution >= 0.6 is 0 Å². The van der Waals surface area contributed by atoms with Crippen LogP contribution in [-0.4, -0.2) is 14.9 Å². The van der Waals surface area contributed by atoms with Gasteiger partial charge in [-0.3, -0.25) is 4.68 Å². The Kier molecular flexibility index (Phi) is 4.58. The number of aromatic nitrogens is 2. The van der Waals surface area contributed by atoms with Crippen molar-refractivity contribution in [3.63, 3.8) is 0 Å². The molecule has 0 unspecified atom stereocenters. The lowest BCUT2D eigenvalue weighted by Crippen LogP contribution is -2.10. The fraction of sp³-hybridized carbons (Fsp3) is 0.250. The van der Waals surface area contributed by atoms with Gasteiger partial charge in [-0.25, -0.2) is 0 Å². The quantitative estimate of drug-likeness (QED) is 0.760. The van der Waals surface area contributed by atoms with E-state index in [1.807, 2.05) is 41.1 Å². The molecular formula is C20H22N2O. The molecule has 1 N–H and O–H groups in total. The van der Waals surface area contributed by atoms with Crippen LogP contribution in [0.5, 0.6) is 0 Å². The second kappa shape index (κ2) is 6.80. The fourth-order valence-corrected chi connectivity index (χ4v) is 2.86. The van der Waals surface area contributed by atoms with E-state index in [4.69, 9.17) is 5.10 Å². The Bertz CT molecular complexity index is 761. The van der Waals surface area contributed by atoms with Gasteiger partial charge in [-0.05, 0) is 11.5 Å². The molecule has 0 aliphatic rings. The van der Waals surface area contributed by atoms with E-state index in [0.717, 1.165) is 34.6 Å². The Morgan fingerprint density at radius 2 is 1.48 bits per heavy atom. The number of rotatable bonds is 5. The van der Waals surface area contributed by atoms with E-state index in [1.54, 1.807) is 0 Å². The lowest BCUT2D eigenvalue weighted by Gasteiger charge is -2.09. The molecule has 0 aliphatic heterocycles. The second-order valence-electron chi connectivity index (χ2n) is 6.14. The fourth-order valence-electron chi connectivity index (χ4n) is 2.86. The molecule has 0 saturated carbocycles. The minimum atomic E-state index is -0.0171. The normalized spacial score (nSPS) is 11.1. The summed E-state index contributed by atoms with van der Waals surface area (Å²) in [5, 5.41) is 14.8. The van der Waals surface area contributed by atoms with Gasteiger partial charge in [0.25, 0.3) is 0 Å². The van der Waals surface area contributed by atoms with Crippen LogP contribution in [0.4, 0.5) is 0 Å². The molecule has 0 radical (unpaired) electrons. The summed E-state index contributed by atoms with van der Waals surface area (Å²) in [6, 6.07) is 20.4. The van der Waals surface area contributed by atoms with Crippen molar-refractivity contribution >= 4 is 0 Å². The molecular weight excluding hydrogens is 284 g/mol. The molecule has 3 rings (SSSR count). The average Bonchev–Trinajstić information content (AvgIpc) is 2.94. The first-order valence-corrected chi connectivity index (χ1v) is 8.02. The van der Waals surface area contributed by atoms with E-state index in [9.17, 15) is 5.11 Å². The maximum atomic E-state index is 9.97. The minimum absolute atomic E-state index is 0.0171. The Morgan fingerprint density at radius 3 is 2.00 bits per heavy atom. The second-order valence-corrected chi connectivity index (χ2v) is 6.14. The maximum absolute atomic E-state index is 9.97. The number of nitrogens with zero attached hydrogens (tertiary/aromatic N) is 2. The predicted molar refractivity (Wildman–Crippen MR) is 93.9 cm³/mol. The lowest BCUT2D eigenvalue weighted by atomic mass is 9.99. The minimum Gasteiger partial charge on any atom is -0.390 e. The highest BCUT2D eigenvalue weighted by atomic mass is 16.3. The summed E-state index contributed by atoms with van der Waals surface area (Å²) in [4.78, 5) is 0. The maximum Gasteiger partial charge on any atom is 0.100 e. The van der Waals surface area contributed by atoms with Crippen LogP contribution in [0.1, 0.15) is 19.5 Å². The van der Waals surface area contributed by atoms with Gasteiger partial charge >= 0.3 is 0 Å². The van der Waals surface area contributed by atoms with E-state index in [-0.39, 0.29) is 6.61 Å². The van der Waals surface area contributed by atoms with Crippen molar-refractivity contribution in [1.29, 1.82) is 0 Å². The van der Waals surface area contributed by atoms with Crippen molar-refractivity contribution in [3.05, 3.63) is 66.4 Å². The van der Waals surface area contributed by atoms with Gasteiger partial charge in [0.1, 0.15) is 5.69 Å². The Labute approximate surface area is 137 Å². The third-order valence-corrected chi connectivity index (χ3v) is 3.86. The van der Waals surface area contributed by atoms with Crippen LogP contribution in [0.2, 0.25) is 0 Å². The van der Waals surface area contributed by atoms with E-state index in [2.05, 4.69) is 38.1 Å². The third kappa shape index (κ3) is 3.20. The van der Waals surface area contributed by atoms with E-state index < -0.39 is 0 Å². The summed E-state index contributed by atoms with van der Waals surface area (Å²) >= 11 is 0. The molecule has 0 saturated heterocycles. The molecule has 0 atom stereocenters. The molecule has 0 amide bonds. The molecule has 3 aromatic rings. The smallest absolute Gasteiger partial charge is 0.100 e. The molecule has 0 spiro atoms. The summed E-state index contributed by atoms with van der Waals surface area (Å²) < 4.78 is 1.95. The first kappa shape index (κ1) is 15.5. The Hall–Kier alpha value is -2.39. The van der Waals surface area contributed by atoms with Gasteiger partial charge in [0, 0.05) is 17.7 Å². The number of benzene rings is 2. The Morgan fingerprint density at radius 1 is 0.913 bits per heavy atom.